The van der Waals surface area contributed by atoms with Gasteiger partial charge >= 0.3 is 0 Å². The smallest absolute Gasteiger partial charge is 0.276 e. The first-order valence-corrected chi connectivity index (χ1v) is 7.02. The standard InChI is InChI=1S/C16H12N6O/c23-15(18-16-20-19-14-5-1-2-10-22(14)16)13-11-12(6-7-17-13)21-8-3-4-9-21/h1-11H,(H,18,20,23). The number of nitrogens with zero attached hydrogens (tertiary/aromatic N) is 5. The Morgan fingerprint density at radius 3 is 2.70 bits per heavy atom. The lowest BCUT2D eigenvalue weighted by molar-refractivity contribution is 0.102. The van der Waals surface area contributed by atoms with Gasteiger partial charge in [0, 0.05) is 30.5 Å². The number of hydrogen-bond donors (Lipinski definition) is 1. The van der Waals surface area contributed by atoms with E-state index in [4.69, 9.17) is 0 Å². The van der Waals surface area contributed by atoms with Gasteiger partial charge < -0.3 is 4.57 Å². The van der Waals surface area contributed by atoms with Crippen molar-refractivity contribution in [1.82, 2.24) is 24.1 Å². The quantitative estimate of drug-likeness (QED) is 0.629. The third kappa shape index (κ3) is 2.44. The fourth-order valence-corrected chi connectivity index (χ4v) is 2.30. The zero-order valence-electron chi connectivity index (χ0n) is 12.0. The zero-order valence-corrected chi connectivity index (χ0v) is 12.0. The van der Waals surface area contributed by atoms with Crippen molar-refractivity contribution in [2.24, 2.45) is 0 Å². The van der Waals surface area contributed by atoms with Crippen LogP contribution in [0.25, 0.3) is 11.3 Å². The molecule has 4 aromatic heterocycles. The molecule has 0 radical (unpaired) electrons. The van der Waals surface area contributed by atoms with Crippen molar-refractivity contribution in [3.63, 3.8) is 0 Å². The maximum atomic E-state index is 12.4. The van der Waals surface area contributed by atoms with Crippen LogP contribution in [0.2, 0.25) is 0 Å². The molecular formula is C16H12N6O. The first kappa shape index (κ1) is 13.2. The van der Waals surface area contributed by atoms with Gasteiger partial charge in [0.25, 0.3) is 5.91 Å². The molecule has 0 aliphatic rings. The monoisotopic (exact) mass is 304 g/mol. The van der Waals surface area contributed by atoms with E-state index in [0.717, 1.165) is 5.69 Å². The second kappa shape index (κ2) is 5.38. The van der Waals surface area contributed by atoms with Crippen LogP contribution in [0.5, 0.6) is 0 Å². The van der Waals surface area contributed by atoms with Crippen LogP contribution in [0.4, 0.5) is 5.95 Å². The van der Waals surface area contributed by atoms with Crippen LogP contribution in [-0.4, -0.2) is 30.1 Å². The largest absolute Gasteiger partial charge is 0.324 e. The Balaban J connectivity index is 1.63. The van der Waals surface area contributed by atoms with Crippen LogP contribution in [0.15, 0.2) is 67.3 Å². The molecule has 0 saturated carbocycles. The van der Waals surface area contributed by atoms with Crippen molar-refractivity contribution in [3.05, 3.63) is 72.9 Å². The molecule has 0 fully saturated rings. The van der Waals surface area contributed by atoms with Crippen molar-refractivity contribution in [1.29, 1.82) is 0 Å². The van der Waals surface area contributed by atoms with Gasteiger partial charge in [0.2, 0.25) is 5.95 Å². The van der Waals surface area contributed by atoms with E-state index in [9.17, 15) is 4.79 Å². The molecule has 7 heteroatoms. The highest BCUT2D eigenvalue weighted by atomic mass is 16.2. The van der Waals surface area contributed by atoms with Gasteiger partial charge in [0.1, 0.15) is 5.69 Å². The summed E-state index contributed by atoms with van der Waals surface area (Å²) >= 11 is 0. The fraction of sp³-hybridized carbons (Fsp3) is 0. The SMILES string of the molecule is O=C(Nc1nnc2ccccn12)c1cc(-n2cccc2)ccn1. The molecule has 4 heterocycles. The first-order valence-electron chi connectivity index (χ1n) is 7.02. The van der Waals surface area contributed by atoms with Crippen molar-refractivity contribution >= 4 is 17.5 Å². The Morgan fingerprint density at radius 2 is 1.83 bits per heavy atom. The Labute approximate surface area is 131 Å². The highest BCUT2D eigenvalue weighted by Crippen LogP contribution is 2.12. The Morgan fingerprint density at radius 1 is 1.00 bits per heavy atom. The molecule has 0 aliphatic carbocycles. The Bertz CT molecular complexity index is 973. The summed E-state index contributed by atoms with van der Waals surface area (Å²) in [5.41, 5.74) is 1.84. The number of fused-ring (bicyclic) bond motifs is 1. The van der Waals surface area contributed by atoms with Crippen LogP contribution in [0.3, 0.4) is 0 Å². The van der Waals surface area contributed by atoms with Crippen molar-refractivity contribution in [2.75, 3.05) is 5.32 Å². The number of anilines is 1. The highest BCUT2D eigenvalue weighted by molar-refractivity contribution is 6.02. The molecule has 0 atom stereocenters. The number of carbonyl (C=O) groups is 1. The van der Waals surface area contributed by atoms with Crippen molar-refractivity contribution in [3.8, 4) is 5.69 Å². The summed E-state index contributed by atoms with van der Waals surface area (Å²) in [6.45, 7) is 0. The summed E-state index contributed by atoms with van der Waals surface area (Å²) in [5.74, 6) is 0.0240. The predicted molar refractivity (Wildman–Crippen MR) is 84.5 cm³/mol. The van der Waals surface area contributed by atoms with Gasteiger partial charge in [-0.3, -0.25) is 19.5 Å². The normalized spacial score (nSPS) is 10.8. The molecule has 23 heavy (non-hydrogen) atoms. The van der Waals surface area contributed by atoms with Crippen molar-refractivity contribution < 1.29 is 4.79 Å². The lowest BCUT2D eigenvalue weighted by atomic mass is 10.3. The van der Waals surface area contributed by atoms with Crippen LogP contribution >= 0.6 is 0 Å². The average Bonchev–Trinajstić information content (AvgIpc) is 3.25. The minimum atomic E-state index is -0.336. The van der Waals surface area contributed by atoms with Crippen molar-refractivity contribution in [2.45, 2.75) is 0 Å². The molecule has 4 aromatic rings. The fourth-order valence-electron chi connectivity index (χ4n) is 2.30. The minimum Gasteiger partial charge on any atom is -0.324 e. The van der Waals surface area contributed by atoms with Crippen LogP contribution in [-0.2, 0) is 0 Å². The summed E-state index contributed by atoms with van der Waals surface area (Å²) in [6.07, 6.45) is 7.20. The van der Waals surface area contributed by atoms with Gasteiger partial charge in [-0.05, 0) is 36.4 Å². The van der Waals surface area contributed by atoms with Crippen LogP contribution in [0.1, 0.15) is 10.5 Å². The maximum absolute atomic E-state index is 12.4. The van der Waals surface area contributed by atoms with Gasteiger partial charge in [-0.2, -0.15) is 0 Å². The number of amides is 1. The van der Waals surface area contributed by atoms with E-state index >= 15 is 0 Å². The zero-order chi connectivity index (χ0) is 15.6. The number of aromatic nitrogens is 5. The van der Waals surface area contributed by atoms with E-state index in [1.807, 2.05) is 53.4 Å². The van der Waals surface area contributed by atoms with E-state index in [2.05, 4.69) is 20.5 Å². The molecule has 0 aliphatic heterocycles. The lowest BCUT2D eigenvalue weighted by Crippen LogP contribution is -2.16. The summed E-state index contributed by atoms with van der Waals surface area (Å²) in [7, 11) is 0. The molecule has 7 nitrogen and oxygen atoms in total. The molecule has 0 spiro atoms. The van der Waals surface area contributed by atoms with E-state index in [1.165, 1.54) is 0 Å². The molecule has 0 unspecified atom stereocenters. The third-order valence-corrected chi connectivity index (χ3v) is 3.42. The Kier molecular flexibility index (Phi) is 3.09. The topological polar surface area (TPSA) is 77.1 Å². The van der Waals surface area contributed by atoms with E-state index in [1.54, 1.807) is 22.9 Å². The number of pyridine rings is 2. The van der Waals surface area contributed by atoms with Gasteiger partial charge in [-0.25, -0.2) is 0 Å². The summed E-state index contributed by atoms with van der Waals surface area (Å²) in [5, 5.41) is 10.7. The molecule has 0 bridgehead atoms. The van der Waals surface area contributed by atoms with Gasteiger partial charge in [0.05, 0.1) is 0 Å². The summed E-state index contributed by atoms with van der Waals surface area (Å²) in [4.78, 5) is 16.5. The van der Waals surface area contributed by atoms with Gasteiger partial charge in [0.15, 0.2) is 5.65 Å². The van der Waals surface area contributed by atoms with E-state index < -0.39 is 0 Å². The minimum absolute atomic E-state index is 0.309. The third-order valence-electron chi connectivity index (χ3n) is 3.42. The Hall–Kier alpha value is -3.48. The average molecular weight is 304 g/mol. The lowest BCUT2D eigenvalue weighted by Gasteiger charge is -2.06. The maximum Gasteiger partial charge on any atom is 0.276 e. The molecule has 0 saturated heterocycles. The van der Waals surface area contributed by atoms with Gasteiger partial charge in [-0.1, -0.05) is 6.07 Å². The predicted octanol–water partition coefficient (Wildman–Crippen LogP) is 2.17. The number of nitrogens with one attached hydrogen (secondary N) is 1. The van der Waals surface area contributed by atoms with E-state index in [-0.39, 0.29) is 5.91 Å². The van der Waals surface area contributed by atoms with Crippen LogP contribution in [0, 0.1) is 0 Å². The molecule has 4 rings (SSSR count). The second-order valence-corrected chi connectivity index (χ2v) is 4.90. The molecule has 1 amide bonds. The number of rotatable bonds is 3. The molecular weight excluding hydrogens is 292 g/mol. The summed E-state index contributed by atoms with van der Waals surface area (Å²) in [6, 6.07) is 12.9. The van der Waals surface area contributed by atoms with Crippen LogP contribution < -0.4 is 5.32 Å². The first-order chi connectivity index (χ1) is 11.3. The highest BCUT2D eigenvalue weighted by Gasteiger charge is 2.12. The number of hydrogen-bond acceptors (Lipinski definition) is 4. The molecule has 1 N–H and O–H groups in total. The number of carbonyl (C=O) groups excluding carboxylic acids is 1. The van der Waals surface area contributed by atoms with Gasteiger partial charge in [-0.15, -0.1) is 10.2 Å². The molecule has 0 aromatic carbocycles. The second-order valence-electron chi connectivity index (χ2n) is 4.90. The van der Waals surface area contributed by atoms with E-state index in [0.29, 0.717) is 17.3 Å². The summed E-state index contributed by atoms with van der Waals surface area (Å²) < 4.78 is 3.61. The molecule has 112 valence electrons.